The van der Waals surface area contributed by atoms with E-state index >= 15 is 0 Å². The molecular formula is C16H20N2O4S. The number of thiophene rings is 1. The number of rotatable bonds is 5. The Morgan fingerprint density at radius 3 is 3.00 bits per heavy atom. The lowest BCUT2D eigenvalue weighted by Crippen LogP contribution is -2.41. The first-order valence-electron chi connectivity index (χ1n) is 7.47. The van der Waals surface area contributed by atoms with Crippen LogP contribution in [0.5, 0.6) is 0 Å². The van der Waals surface area contributed by atoms with Gasteiger partial charge in [0.1, 0.15) is 4.88 Å². The predicted molar refractivity (Wildman–Crippen MR) is 87.5 cm³/mol. The predicted octanol–water partition coefficient (Wildman–Crippen LogP) is 2.04. The smallest absolute Gasteiger partial charge is 0.348 e. The minimum absolute atomic E-state index is 0.248. The summed E-state index contributed by atoms with van der Waals surface area (Å²) in [5, 5.41) is 4.46. The van der Waals surface area contributed by atoms with Crippen molar-refractivity contribution < 1.29 is 19.1 Å². The van der Waals surface area contributed by atoms with Crippen LogP contribution in [0.2, 0.25) is 0 Å². The van der Waals surface area contributed by atoms with Crippen LogP contribution in [0.25, 0.3) is 0 Å². The molecule has 1 aliphatic carbocycles. The summed E-state index contributed by atoms with van der Waals surface area (Å²) in [6.07, 6.45) is 4.58. The lowest BCUT2D eigenvalue weighted by molar-refractivity contribution is -0.123. The molecule has 7 heteroatoms. The van der Waals surface area contributed by atoms with E-state index in [2.05, 4.69) is 24.1 Å². The maximum absolute atomic E-state index is 12.0. The molecule has 1 aliphatic rings. The van der Waals surface area contributed by atoms with Crippen molar-refractivity contribution in [3.05, 3.63) is 34.0 Å². The van der Waals surface area contributed by atoms with Crippen molar-refractivity contribution in [1.29, 1.82) is 0 Å². The summed E-state index contributed by atoms with van der Waals surface area (Å²) in [6, 6.07) is 1.21. The molecule has 23 heavy (non-hydrogen) atoms. The Balaban J connectivity index is 1.82. The largest absolute Gasteiger partial charge is 0.451 e. The van der Waals surface area contributed by atoms with Gasteiger partial charge in [0.15, 0.2) is 6.61 Å². The van der Waals surface area contributed by atoms with Crippen molar-refractivity contribution in [3.8, 4) is 0 Å². The van der Waals surface area contributed by atoms with E-state index in [9.17, 15) is 14.4 Å². The van der Waals surface area contributed by atoms with Crippen LogP contribution in [-0.4, -0.2) is 31.1 Å². The molecule has 2 N–H and O–H groups in total. The van der Waals surface area contributed by atoms with Gasteiger partial charge in [-0.25, -0.2) is 9.59 Å². The number of amides is 3. The highest BCUT2D eigenvalue weighted by Gasteiger charge is 2.21. The van der Waals surface area contributed by atoms with Gasteiger partial charge < -0.3 is 10.1 Å². The summed E-state index contributed by atoms with van der Waals surface area (Å²) in [5.74, 6) is -0.575. The molecule has 1 aromatic heterocycles. The second kappa shape index (κ2) is 7.92. The summed E-state index contributed by atoms with van der Waals surface area (Å²) < 4.78 is 4.96. The van der Waals surface area contributed by atoms with E-state index in [0.29, 0.717) is 10.8 Å². The van der Waals surface area contributed by atoms with Crippen molar-refractivity contribution in [3.63, 3.8) is 0 Å². The number of aryl methyl sites for hydroxylation is 1. The molecule has 0 unspecified atom stereocenters. The standard InChI is InChI=1S/C16H20N2O4S/c1-3-6-17-16(21)18-14(19)9-22-15(20)13-8-11-7-10(2)4-5-12(11)23-13/h3,8,10H,1,4-7,9H2,2H3,(H2,17,18,19,21)/t10-/m1/s1. The number of nitrogens with one attached hydrogen (secondary N) is 2. The molecule has 1 atom stereocenters. The lowest BCUT2D eigenvalue weighted by atomic mass is 9.90. The fraction of sp³-hybridized carbons (Fsp3) is 0.438. The van der Waals surface area contributed by atoms with E-state index in [-0.39, 0.29) is 6.54 Å². The lowest BCUT2D eigenvalue weighted by Gasteiger charge is -2.16. The van der Waals surface area contributed by atoms with Crippen molar-refractivity contribution >= 4 is 29.2 Å². The first-order chi connectivity index (χ1) is 11.0. The van der Waals surface area contributed by atoms with Gasteiger partial charge in [-0.2, -0.15) is 0 Å². The summed E-state index contributed by atoms with van der Waals surface area (Å²) in [4.78, 5) is 36.5. The first kappa shape index (κ1) is 17.2. The van der Waals surface area contributed by atoms with Crippen LogP contribution in [0.1, 0.15) is 33.5 Å². The summed E-state index contributed by atoms with van der Waals surface area (Å²) >= 11 is 1.43. The summed E-state index contributed by atoms with van der Waals surface area (Å²) in [6.45, 7) is 5.40. The zero-order chi connectivity index (χ0) is 16.8. The highest BCUT2D eigenvalue weighted by Crippen LogP contribution is 2.32. The number of imide groups is 1. The fourth-order valence-electron chi connectivity index (χ4n) is 2.38. The van der Waals surface area contributed by atoms with E-state index in [1.807, 2.05) is 6.07 Å². The maximum Gasteiger partial charge on any atom is 0.348 e. The molecule has 0 saturated carbocycles. The molecule has 1 heterocycles. The third kappa shape index (κ3) is 4.92. The van der Waals surface area contributed by atoms with E-state index < -0.39 is 24.5 Å². The molecule has 0 fully saturated rings. The van der Waals surface area contributed by atoms with Crippen LogP contribution >= 0.6 is 11.3 Å². The minimum atomic E-state index is -0.671. The molecule has 0 aromatic carbocycles. The molecule has 0 spiro atoms. The van der Waals surface area contributed by atoms with E-state index in [0.717, 1.165) is 19.3 Å². The van der Waals surface area contributed by atoms with Gasteiger partial charge in [-0.05, 0) is 36.8 Å². The third-order valence-electron chi connectivity index (χ3n) is 3.52. The second-order valence-electron chi connectivity index (χ2n) is 5.53. The number of urea groups is 1. The fourth-order valence-corrected chi connectivity index (χ4v) is 3.48. The normalized spacial score (nSPS) is 16.1. The van der Waals surface area contributed by atoms with Crippen LogP contribution in [0.4, 0.5) is 4.79 Å². The Hall–Kier alpha value is -2.15. The molecule has 0 aliphatic heterocycles. The van der Waals surface area contributed by atoms with Gasteiger partial charge in [0.25, 0.3) is 5.91 Å². The molecule has 0 saturated heterocycles. The van der Waals surface area contributed by atoms with Crippen LogP contribution < -0.4 is 10.6 Å². The Kier molecular flexibility index (Phi) is 5.92. The summed E-state index contributed by atoms with van der Waals surface area (Å²) in [5.41, 5.74) is 1.20. The average Bonchev–Trinajstić information content (AvgIpc) is 2.93. The van der Waals surface area contributed by atoms with E-state index in [1.54, 1.807) is 0 Å². The van der Waals surface area contributed by atoms with Crippen molar-refractivity contribution in [2.24, 2.45) is 5.92 Å². The number of hydrogen-bond donors (Lipinski definition) is 2. The summed E-state index contributed by atoms with van der Waals surface area (Å²) in [7, 11) is 0. The molecule has 124 valence electrons. The van der Waals surface area contributed by atoms with Gasteiger partial charge >= 0.3 is 12.0 Å². The highest BCUT2D eigenvalue weighted by molar-refractivity contribution is 7.14. The third-order valence-corrected chi connectivity index (χ3v) is 4.74. The van der Waals surface area contributed by atoms with Crippen LogP contribution in [-0.2, 0) is 22.4 Å². The van der Waals surface area contributed by atoms with Crippen molar-refractivity contribution in [2.75, 3.05) is 13.2 Å². The van der Waals surface area contributed by atoms with Gasteiger partial charge in [0, 0.05) is 11.4 Å². The van der Waals surface area contributed by atoms with Crippen molar-refractivity contribution in [1.82, 2.24) is 10.6 Å². The van der Waals surface area contributed by atoms with Gasteiger partial charge in [-0.3, -0.25) is 10.1 Å². The molecule has 2 rings (SSSR count). The topological polar surface area (TPSA) is 84.5 Å². The number of carbonyl (C=O) groups excluding carboxylic acids is 3. The quantitative estimate of drug-likeness (QED) is 0.636. The Morgan fingerprint density at radius 1 is 1.48 bits per heavy atom. The van der Waals surface area contributed by atoms with Crippen LogP contribution in [0, 0.1) is 5.92 Å². The van der Waals surface area contributed by atoms with Gasteiger partial charge in [-0.1, -0.05) is 13.0 Å². The number of ether oxygens (including phenoxy) is 1. The van der Waals surface area contributed by atoms with Crippen molar-refractivity contribution in [2.45, 2.75) is 26.2 Å². The average molecular weight is 336 g/mol. The number of fused-ring (bicyclic) bond motifs is 1. The number of hydrogen-bond acceptors (Lipinski definition) is 5. The minimum Gasteiger partial charge on any atom is -0.451 e. The zero-order valence-corrected chi connectivity index (χ0v) is 13.8. The molecule has 3 amide bonds. The van der Waals surface area contributed by atoms with Gasteiger partial charge in [-0.15, -0.1) is 17.9 Å². The number of carbonyl (C=O) groups is 3. The zero-order valence-electron chi connectivity index (χ0n) is 13.0. The highest BCUT2D eigenvalue weighted by atomic mass is 32.1. The molecule has 1 aromatic rings. The molecular weight excluding hydrogens is 316 g/mol. The maximum atomic E-state index is 12.0. The Labute approximate surface area is 138 Å². The molecule has 0 radical (unpaired) electrons. The van der Waals surface area contributed by atoms with E-state index in [4.69, 9.17) is 4.74 Å². The number of esters is 1. The van der Waals surface area contributed by atoms with E-state index in [1.165, 1.54) is 27.9 Å². The van der Waals surface area contributed by atoms with Gasteiger partial charge in [0.2, 0.25) is 0 Å². The first-order valence-corrected chi connectivity index (χ1v) is 8.28. The Morgan fingerprint density at radius 2 is 2.26 bits per heavy atom. The molecule has 6 nitrogen and oxygen atoms in total. The Bertz CT molecular complexity index is 624. The second-order valence-corrected chi connectivity index (χ2v) is 6.67. The molecule has 0 bridgehead atoms. The van der Waals surface area contributed by atoms with Crippen LogP contribution in [0.15, 0.2) is 18.7 Å². The van der Waals surface area contributed by atoms with Gasteiger partial charge in [0.05, 0.1) is 0 Å². The van der Waals surface area contributed by atoms with Crippen LogP contribution in [0.3, 0.4) is 0 Å². The monoisotopic (exact) mass is 336 g/mol. The SMILES string of the molecule is C=CCNC(=O)NC(=O)COC(=O)c1cc2c(s1)CC[C@@H](C)C2.